The van der Waals surface area contributed by atoms with Crippen molar-refractivity contribution in [3.05, 3.63) is 64.7 Å². The highest BCUT2D eigenvalue weighted by atomic mass is 16.2. The van der Waals surface area contributed by atoms with Crippen LogP contribution in [0.1, 0.15) is 34.0 Å². The number of rotatable bonds is 3. The highest BCUT2D eigenvalue weighted by molar-refractivity contribution is 6.30. The molecule has 1 heterocycles. The Hall–Kier alpha value is -2.75. The molecule has 2 aromatic rings. The average molecular weight is 320 g/mol. The topological polar surface area (TPSA) is 49.7 Å². The van der Waals surface area contributed by atoms with Gasteiger partial charge >= 0.3 is 0 Å². The van der Waals surface area contributed by atoms with Gasteiger partial charge in [0.2, 0.25) is 0 Å². The summed E-state index contributed by atoms with van der Waals surface area (Å²) in [5, 5.41) is 5.65. The van der Waals surface area contributed by atoms with E-state index >= 15 is 0 Å². The van der Waals surface area contributed by atoms with Crippen LogP contribution >= 0.6 is 0 Å². The Labute approximate surface area is 141 Å². The van der Waals surface area contributed by atoms with Gasteiger partial charge in [-0.3, -0.25) is 9.59 Å². The number of hydrogen-bond donors (Lipinski definition) is 0. The van der Waals surface area contributed by atoms with Gasteiger partial charge in [0.05, 0.1) is 11.4 Å². The van der Waals surface area contributed by atoms with Crippen molar-refractivity contribution in [2.75, 3.05) is 5.01 Å². The number of benzene rings is 2. The zero-order valence-corrected chi connectivity index (χ0v) is 14.3. The maximum Gasteiger partial charge on any atom is 0.264 e. The van der Waals surface area contributed by atoms with Crippen LogP contribution in [0.3, 0.4) is 0 Å². The van der Waals surface area contributed by atoms with Crippen molar-refractivity contribution in [1.29, 1.82) is 0 Å². The third-order valence-electron chi connectivity index (χ3n) is 4.32. The van der Waals surface area contributed by atoms with Crippen LogP contribution in [0, 0.1) is 26.7 Å². The summed E-state index contributed by atoms with van der Waals surface area (Å²) in [7, 11) is 0. The van der Waals surface area contributed by atoms with Gasteiger partial charge in [-0.15, -0.1) is 0 Å². The normalized spacial score (nSPS) is 17.2. The first kappa shape index (κ1) is 16.1. The van der Waals surface area contributed by atoms with Gasteiger partial charge in [-0.2, -0.15) is 10.1 Å². The van der Waals surface area contributed by atoms with Crippen LogP contribution in [-0.2, 0) is 4.79 Å². The fourth-order valence-corrected chi connectivity index (χ4v) is 3.33. The lowest BCUT2D eigenvalue weighted by molar-refractivity contribution is -0.118. The first-order valence-corrected chi connectivity index (χ1v) is 7.96. The van der Waals surface area contributed by atoms with Crippen LogP contribution in [-0.4, -0.2) is 17.4 Å². The van der Waals surface area contributed by atoms with Crippen molar-refractivity contribution in [3.8, 4) is 0 Å². The second kappa shape index (κ2) is 6.04. The van der Waals surface area contributed by atoms with E-state index in [0.29, 0.717) is 17.0 Å². The maximum atomic E-state index is 13.1. The Morgan fingerprint density at radius 1 is 1.00 bits per heavy atom. The molecule has 122 valence electrons. The minimum atomic E-state index is -0.842. The highest BCUT2D eigenvalue weighted by Crippen LogP contribution is 2.28. The average Bonchev–Trinajstić information content (AvgIpc) is 2.82. The second-order valence-corrected chi connectivity index (χ2v) is 6.30. The molecule has 4 nitrogen and oxygen atoms in total. The molecule has 0 aromatic heterocycles. The monoisotopic (exact) mass is 320 g/mol. The molecule has 0 radical (unpaired) electrons. The number of nitrogens with zero attached hydrogens (tertiary/aromatic N) is 2. The molecule has 1 aliphatic rings. The summed E-state index contributed by atoms with van der Waals surface area (Å²) in [6.07, 6.45) is 0. The number of amides is 1. The van der Waals surface area contributed by atoms with Gasteiger partial charge in [0.1, 0.15) is 5.92 Å². The fourth-order valence-electron chi connectivity index (χ4n) is 3.33. The summed E-state index contributed by atoms with van der Waals surface area (Å²) in [6, 6.07) is 13.1. The van der Waals surface area contributed by atoms with Gasteiger partial charge in [0.15, 0.2) is 5.78 Å². The number of para-hydroxylation sites is 1. The summed E-state index contributed by atoms with van der Waals surface area (Å²) in [5.74, 6) is -1.30. The van der Waals surface area contributed by atoms with E-state index in [1.54, 1.807) is 6.92 Å². The van der Waals surface area contributed by atoms with E-state index in [4.69, 9.17) is 0 Å². The summed E-state index contributed by atoms with van der Waals surface area (Å²) >= 11 is 0. The van der Waals surface area contributed by atoms with Crippen LogP contribution in [0.4, 0.5) is 5.69 Å². The van der Waals surface area contributed by atoms with Crippen LogP contribution < -0.4 is 5.01 Å². The molecule has 24 heavy (non-hydrogen) atoms. The van der Waals surface area contributed by atoms with Gasteiger partial charge in [0.25, 0.3) is 5.91 Å². The van der Waals surface area contributed by atoms with Crippen LogP contribution in [0.15, 0.2) is 47.6 Å². The van der Waals surface area contributed by atoms with E-state index in [1.165, 1.54) is 5.01 Å². The number of aryl methyl sites for hydroxylation is 3. The molecule has 4 heteroatoms. The van der Waals surface area contributed by atoms with Crippen LogP contribution in [0.2, 0.25) is 0 Å². The third kappa shape index (κ3) is 2.64. The van der Waals surface area contributed by atoms with Gasteiger partial charge in [-0.25, -0.2) is 0 Å². The Morgan fingerprint density at radius 3 is 2.17 bits per heavy atom. The number of Topliss-reactive ketones (excluding diaryl/α,β-unsaturated/α-hetero) is 1. The Bertz CT molecular complexity index is 830. The smallest absolute Gasteiger partial charge is 0.264 e. The molecular weight excluding hydrogens is 300 g/mol. The number of ketones is 1. The lowest BCUT2D eigenvalue weighted by Gasteiger charge is -2.16. The zero-order chi connectivity index (χ0) is 17.4. The van der Waals surface area contributed by atoms with Crippen molar-refractivity contribution < 1.29 is 9.59 Å². The molecule has 1 atom stereocenters. The molecule has 1 amide bonds. The lowest BCUT2D eigenvalue weighted by Crippen LogP contribution is -2.33. The molecule has 0 saturated heterocycles. The van der Waals surface area contributed by atoms with E-state index in [0.717, 1.165) is 16.7 Å². The molecule has 2 aromatic carbocycles. The number of anilines is 1. The molecule has 0 fully saturated rings. The van der Waals surface area contributed by atoms with Crippen LogP contribution in [0.5, 0.6) is 0 Å². The molecule has 0 saturated carbocycles. The van der Waals surface area contributed by atoms with Gasteiger partial charge in [-0.1, -0.05) is 35.9 Å². The van der Waals surface area contributed by atoms with Crippen molar-refractivity contribution in [2.24, 2.45) is 11.0 Å². The van der Waals surface area contributed by atoms with E-state index in [9.17, 15) is 9.59 Å². The third-order valence-corrected chi connectivity index (χ3v) is 4.32. The van der Waals surface area contributed by atoms with Gasteiger partial charge < -0.3 is 0 Å². The number of hydrogen-bond acceptors (Lipinski definition) is 3. The molecule has 0 N–H and O–H groups in total. The largest absolute Gasteiger partial charge is 0.293 e. The SMILES string of the molecule is CC1=NN(c2ccccc2)C(=O)C1C(=O)c1c(C)cc(C)cc1C. The maximum absolute atomic E-state index is 13.1. The Balaban J connectivity index is 1.98. The van der Waals surface area contributed by atoms with E-state index in [2.05, 4.69) is 5.10 Å². The van der Waals surface area contributed by atoms with Crippen molar-refractivity contribution >= 4 is 23.1 Å². The minimum absolute atomic E-state index is 0.172. The van der Waals surface area contributed by atoms with E-state index in [1.807, 2.05) is 63.2 Å². The second-order valence-electron chi connectivity index (χ2n) is 6.30. The molecule has 0 bridgehead atoms. The predicted octanol–water partition coefficient (Wildman–Crippen LogP) is 3.83. The summed E-state index contributed by atoms with van der Waals surface area (Å²) in [6.45, 7) is 7.56. The summed E-state index contributed by atoms with van der Waals surface area (Å²) in [4.78, 5) is 25.9. The van der Waals surface area contributed by atoms with Gasteiger partial charge in [0, 0.05) is 5.56 Å². The number of hydrazone groups is 1. The van der Waals surface area contributed by atoms with Gasteiger partial charge in [-0.05, 0) is 51.0 Å². The Kier molecular flexibility index (Phi) is 4.06. The van der Waals surface area contributed by atoms with Crippen molar-refractivity contribution in [1.82, 2.24) is 0 Å². The van der Waals surface area contributed by atoms with Crippen molar-refractivity contribution in [3.63, 3.8) is 0 Å². The number of carbonyl (C=O) groups excluding carboxylic acids is 2. The molecule has 3 rings (SSSR count). The zero-order valence-electron chi connectivity index (χ0n) is 14.3. The highest BCUT2D eigenvalue weighted by Gasteiger charge is 2.40. The first-order valence-electron chi connectivity index (χ1n) is 7.96. The minimum Gasteiger partial charge on any atom is -0.293 e. The first-order chi connectivity index (χ1) is 11.4. The Morgan fingerprint density at radius 2 is 1.58 bits per heavy atom. The summed E-state index contributed by atoms with van der Waals surface area (Å²) < 4.78 is 0. The molecule has 1 unspecified atom stereocenters. The van der Waals surface area contributed by atoms with E-state index < -0.39 is 5.92 Å². The predicted molar refractivity (Wildman–Crippen MR) is 95.5 cm³/mol. The molecular formula is C20H20N2O2. The number of carbonyl (C=O) groups is 2. The molecule has 1 aliphatic heterocycles. The fraction of sp³-hybridized carbons (Fsp3) is 0.250. The lowest BCUT2D eigenvalue weighted by atomic mass is 9.88. The van der Waals surface area contributed by atoms with Crippen molar-refractivity contribution in [2.45, 2.75) is 27.7 Å². The van der Waals surface area contributed by atoms with Crippen LogP contribution in [0.25, 0.3) is 0 Å². The van der Waals surface area contributed by atoms with E-state index in [-0.39, 0.29) is 11.7 Å². The standard InChI is InChI=1S/C20H20N2O2/c1-12-10-13(2)17(14(3)11-12)19(23)18-15(4)21-22(20(18)24)16-8-6-5-7-9-16/h5-11,18H,1-4H3. The molecule has 0 aliphatic carbocycles. The quantitative estimate of drug-likeness (QED) is 0.637. The summed E-state index contributed by atoms with van der Waals surface area (Å²) in [5.41, 5.74) is 4.74. The molecule has 0 spiro atoms.